The molecule has 2 aliphatic rings. The van der Waals surface area contributed by atoms with Crippen LogP contribution in [0.2, 0.25) is 0 Å². The number of benzene rings is 1. The van der Waals surface area contributed by atoms with E-state index in [0.29, 0.717) is 0 Å². The molecule has 0 aromatic heterocycles. The maximum Gasteiger partial charge on any atom is 0.241 e. The number of hydrogen-bond donors (Lipinski definition) is 1. The fourth-order valence-electron chi connectivity index (χ4n) is 2.92. The summed E-state index contributed by atoms with van der Waals surface area (Å²) in [6.07, 6.45) is 0.809. The Bertz CT molecular complexity index is 529. The number of carbonyl (C=O) groups excluding carboxylic acids is 1. The first kappa shape index (κ1) is 12.6. The van der Waals surface area contributed by atoms with Crippen molar-refractivity contribution in [3.05, 3.63) is 35.6 Å². The summed E-state index contributed by atoms with van der Waals surface area (Å²) in [6.45, 7) is 6.19. The predicted octanol–water partition coefficient (Wildman–Crippen LogP) is 2.44. The molecular weight excluding hydrogens is 243 g/mol. The molecular formula is C15H19FN2O. The highest BCUT2D eigenvalue weighted by Crippen LogP contribution is 2.51. The molecule has 0 spiro atoms. The maximum atomic E-state index is 13.4. The zero-order chi connectivity index (χ0) is 13.8. The topological polar surface area (TPSA) is 32.3 Å². The minimum atomic E-state index is -0.263. The number of rotatable bonds is 2. The van der Waals surface area contributed by atoms with Gasteiger partial charge in [0.15, 0.2) is 0 Å². The Kier molecular flexibility index (Phi) is 2.68. The summed E-state index contributed by atoms with van der Waals surface area (Å²) in [5.74, 6) is -0.147. The standard InChI is InChI=1S/C15H19FN2O/c1-9-14(19)18(12-8-15(12,2)3)13(17-9)10-5-4-6-11(16)7-10/h4-7,9,12-13,17H,8H2,1-3H3. The van der Waals surface area contributed by atoms with E-state index in [2.05, 4.69) is 19.2 Å². The Labute approximate surface area is 112 Å². The summed E-state index contributed by atoms with van der Waals surface area (Å²) in [7, 11) is 0. The number of nitrogens with one attached hydrogen (secondary N) is 1. The summed E-state index contributed by atoms with van der Waals surface area (Å²) >= 11 is 0. The van der Waals surface area contributed by atoms with Crippen molar-refractivity contribution in [2.75, 3.05) is 0 Å². The fraction of sp³-hybridized carbons (Fsp3) is 0.533. The third-order valence-corrected chi connectivity index (χ3v) is 4.27. The molecule has 0 radical (unpaired) electrons. The van der Waals surface area contributed by atoms with E-state index in [1.807, 2.05) is 17.9 Å². The van der Waals surface area contributed by atoms with Gasteiger partial charge >= 0.3 is 0 Å². The van der Waals surface area contributed by atoms with Gasteiger partial charge in [0.2, 0.25) is 5.91 Å². The highest BCUT2D eigenvalue weighted by molar-refractivity contribution is 5.85. The van der Waals surface area contributed by atoms with Gasteiger partial charge in [-0.2, -0.15) is 0 Å². The van der Waals surface area contributed by atoms with Crippen molar-refractivity contribution in [1.82, 2.24) is 10.2 Å². The lowest BCUT2D eigenvalue weighted by atomic mass is 10.1. The molecule has 4 heteroatoms. The molecule has 1 aromatic rings. The highest BCUT2D eigenvalue weighted by Gasteiger charge is 2.55. The van der Waals surface area contributed by atoms with E-state index in [9.17, 15) is 9.18 Å². The first-order valence-electron chi connectivity index (χ1n) is 6.74. The number of halogens is 1. The zero-order valence-electron chi connectivity index (χ0n) is 11.5. The van der Waals surface area contributed by atoms with Gasteiger partial charge in [-0.3, -0.25) is 10.1 Å². The van der Waals surface area contributed by atoms with Crippen molar-refractivity contribution in [3.8, 4) is 0 Å². The molecule has 2 fully saturated rings. The molecule has 0 bridgehead atoms. The van der Waals surface area contributed by atoms with Gasteiger partial charge in [-0.1, -0.05) is 26.0 Å². The Morgan fingerprint density at radius 3 is 2.68 bits per heavy atom. The number of carbonyl (C=O) groups is 1. The molecule has 3 unspecified atom stereocenters. The summed E-state index contributed by atoms with van der Waals surface area (Å²) in [6, 6.07) is 6.54. The van der Waals surface area contributed by atoms with E-state index in [1.54, 1.807) is 6.07 Å². The Hall–Kier alpha value is -1.42. The lowest BCUT2D eigenvalue weighted by Gasteiger charge is -2.26. The average molecular weight is 262 g/mol. The van der Waals surface area contributed by atoms with Gasteiger partial charge in [-0.05, 0) is 36.5 Å². The third-order valence-electron chi connectivity index (χ3n) is 4.27. The number of nitrogens with zero attached hydrogens (tertiary/aromatic N) is 1. The van der Waals surface area contributed by atoms with E-state index in [1.165, 1.54) is 12.1 Å². The summed E-state index contributed by atoms with van der Waals surface area (Å²) in [5.41, 5.74) is 0.993. The molecule has 3 nitrogen and oxygen atoms in total. The smallest absolute Gasteiger partial charge is 0.241 e. The van der Waals surface area contributed by atoms with Crippen molar-refractivity contribution in [1.29, 1.82) is 0 Å². The molecule has 102 valence electrons. The maximum absolute atomic E-state index is 13.4. The van der Waals surface area contributed by atoms with Crippen LogP contribution in [0.25, 0.3) is 0 Å². The van der Waals surface area contributed by atoms with Crippen molar-refractivity contribution < 1.29 is 9.18 Å². The van der Waals surface area contributed by atoms with Crippen LogP contribution < -0.4 is 5.32 Å². The summed E-state index contributed by atoms with van der Waals surface area (Å²) in [4.78, 5) is 14.2. The van der Waals surface area contributed by atoms with Crippen LogP contribution in [0.4, 0.5) is 4.39 Å². The minimum Gasteiger partial charge on any atom is -0.318 e. The predicted molar refractivity (Wildman–Crippen MR) is 70.8 cm³/mol. The molecule has 1 aliphatic carbocycles. The Morgan fingerprint density at radius 1 is 1.42 bits per heavy atom. The van der Waals surface area contributed by atoms with Gasteiger partial charge in [0, 0.05) is 6.04 Å². The lowest BCUT2D eigenvalue weighted by molar-refractivity contribution is -0.130. The fourth-order valence-corrected chi connectivity index (χ4v) is 2.92. The van der Waals surface area contributed by atoms with Crippen molar-refractivity contribution in [2.45, 2.75) is 45.4 Å². The number of amides is 1. The van der Waals surface area contributed by atoms with Crippen LogP contribution in [0.5, 0.6) is 0 Å². The molecule has 1 heterocycles. The van der Waals surface area contributed by atoms with Gasteiger partial charge in [0.25, 0.3) is 0 Å². The zero-order valence-corrected chi connectivity index (χ0v) is 11.5. The second-order valence-electron chi connectivity index (χ2n) is 6.30. The molecule has 1 N–H and O–H groups in total. The van der Waals surface area contributed by atoms with Crippen molar-refractivity contribution in [2.24, 2.45) is 5.41 Å². The highest BCUT2D eigenvalue weighted by atomic mass is 19.1. The van der Waals surface area contributed by atoms with Gasteiger partial charge in [-0.15, -0.1) is 0 Å². The normalized spacial score (nSPS) is 32.7. The molecule has 1 amide bonds. The van der Waals surface area contributed by atoms with E-state index >= 15 is 0 Å². The van der Waals surface area contributed by atoms with E-state index in [0.717, 1.165) is 12.0 Å². The SMILES string of the molecule is CC1NC(c2cccc(F)c2)N(C2CC2(C)C)C1=O. The van der Waals surface area contributed by atoms with Gasteiger partial charge in [-0.25, -0.2) is 4.39 Å². The van der Waals surface area contributed by atoms with E-state index in [4.69, 9.17) is 0 Å². The van der Waals surface area contributed by atoms with Crippen LogP contribution in [0.3, 0.4) is 0 Å². The molecule has 1 aromatic carbocycles. The second kappa shape index (κ2) is 4.04. The molecule has 19 heavy (non-hydrogen) atoms. The van der Waals surface area contributed by atoms with Crippen LogP contribution in [0.1, 0.15) is 38.9 Å². The number of hydrogen-bond acceptors (Lipinski definition) is 2. The Morgan fingerprint density at radius 2 is 2.11 bits per heavy atom. The van der Waals surface area contributed by atoms with Crippen LogP contribution in [0, 0.1) is 11.2 Å². The molecule has 3 atom stereocenters. The Balaban J connectivity index is 1.93. The summed E-state index contributed by atoms with van der Waals surface area (Å²) < 4.78 is 13.4. The van der Waals surface area contributed by atoms with Gasteiger partial charge in [0.1, 0.15) is 12.0 Å². The molecule has 3 rings (SSSR count). The van der Waals surface area contributed by atoms with E-state index in [-0.39, 0.29) is 35.4 Å². The average Bonchev–Trinajstić information content (AvgIpc) is 2.85. The molecule has 1 saturated heterocycles. The van der Waals surface area contributed by atoms with Gasteiger partial charge < -0.3 is 4.90 Å². The monoisotopic (exact) mass is 262 g/mol. The summed E-state index contributed by atoms with van der Waals surface area (Å²) in [5, 5.41) is 3.27. The van der Waals surface area contributed by atoms with Crippen LogP contribution in [-0.2, 0) is 4.79 Å². The van der Waals surface area contributed by atoms with E-state index < -0.39 is 0 Å². The quantitative estimate of drug-likeness (QED) is 0.888. The minimum absolute atomic E-state index is 0.116. The molecule has 1 aliphatic heterocycles. The van der Waals surface area contributed by atoms with Crippen molar-refractivity contribution in [3.63, 3.8) is 0 Å². The van der Waals surface area contributed by atoms with Crippen LogP contribution in [0.15, 0.2) is 24.3 Å². The van der Waals surface area contributed by atoms with Gasteiger partial charge in [0.05, 0.1) is 6.04 Å². The van der Waals surface area contributed by atoms with Crippen molar-refractivity contribution >= 4 is 5.91 Å². The second-order valence-corrected chi connectivity index (χ2v) is 6.30. The first-order valence-corrected chi connectivity index (χ1v) is 6.74. The first-order chi connectivity index (χ1) is 8.90. The van der Waals surface area contributed by atoms with Crippen LogP contribution in [-0.4, -0.2) is 22.9 Å². The molecule has 1 saturated carbocycles. The van der Waals surface area contributed by atoms with Crippen LogP contribution >= 0.6 is 0 Å². The lowest BCUT2D eigenvalue weighted by Crippen LogP contribution is -2.34. The third kappa shape index (κ3) is 2.04. The largest absolute Gasteiger partial charge is 0.318 e.